The molecule has 1 N–H and O–H groups in total. The van der Waals surface area contributed by atoms with Gasteiger partial charge < -0.3 is 5.11 Å². The first-order valence-corrected chi connectivity index (χ1v) is 10.2. The predicted molar refractivity (Wildman–Crippen MR) is 121 cm³/mol. The molecule has 31 heavy (non-hydrogen) atoms. The number of amides is 1. The normalized spacial score (nSPS) is 17.9. The molecule has 0 saturated carbocycles. The van der Waals surface area contributed by atoms with Crippen LogP contribution in [-0.4, -0.2) is 21.8 Å². The van der Waals surface area contributed by atoms with Gasteiger partial charge in [0.15, 0.2) is 0 Å². The maximum atomic E-state index is 13.2. The van der Waals surface area contributed by atoms with Crippen molar-refractivity contribution in [3.8, 4) is 0 Å². The van der Waals surface area contributed by atoms with E-state index in [2.05, 4.69) is 4.98 Å². The van der Waals surface area contributed by atoms with E-state index >= 15 is 0 Å². The molecule has 1 unspecified atom stereocenters. The lowest BCUT2D eigenvalue weighted by Gasteiger charge is -2.25. The highest BCUT2D eigenvalue weighted by atomic mass is 16.3. The van der Waals surface area contributed by atoms with Crippen molar-refractivity contribution in [1.82, 2.24) is 4.98 Å². The largest absolute Gasteiger partial charge is 0.507 e. The first-order chi connectivity index (χ1) is 14.8. The van der Waals surface area contributed by atoms with Crippen LogP contribution in [-0.2, 0) is 9.59 Å². The van der Waals surface area contributed by atoms with Crippen LogP contribution in [0.2, 0.25) is 0 Å². The number of pyridine rings is 1. The number of hydrogen-bond acceptors (Lipinski definition) is 4. The fraction of sp³-hybridized carbons (Fsp3) is 0.192. The number of nitrogens with zero attached hydrogens (tertiary/aromatic N) is 2. The average Bonchev–Trinajstić information content (AvgIpc) is 3.03. The van der Waals surface area contributed by atoms with Gasteiger partial charge >= 0.3 is 0 Å². The van der Waals surface area contributed by atoms with Gasteiger partial charge in [0.2, 0.25) is 0 Å². The minimum absolute atomic E-state index is 0.0690. The van der Waals surface area contributed by atoms with Crippen molar-refractivity contribution in [2.75, 3.05) is 4.90 Å². The minimum Gasteiger partial charge on any atom is -0.507 e. The summed E-state index contributed by atoms with van der Waals surface area (Å²) in [5.41, 5.74) is 6.02. The van der Waals surface area contributed by atoms with E-state index < -0.39 is 17.7 Å². The van der Waals surface area contributed by atoms with Crippen LogP contribution >= 0.6 is 0 Å². The van der Waals surface area contributed by atoms with E-state index in [4.69, 9.17) is 0 Å². The van der Waals surface area contributed by atoms with Gasteiger partial charge in [0.25, 0.3) is 11.7 Å². The van der Waals surface area contributed by atoms with Crippen molar-refractivity contribution >= 4 is 23.1 Å². The summed E-state index contributed by atoms with van der Waals surface area (Å²) >= 11 is 0. The quantitative estimate of drug-likeness (QED) is 0.376. The number of benzene rings is 2. The van der Waals surface area contributed by atoms with E-state index in [9.17, 15) is 14.7 Å². The summed E-state index contributed by atoms with van der Waals surface area (Å²) in [6.45, 7) is 7.88. The first kappa shape index (κ1) is 20.5. The van der Waals surface area contributed by atoms with E-state index in [1.807, 2.05) is 64.1 Å². The van der Waals surface area contributed by atoms with Gasteiger partial charge in [-0.25, -0.2) is 0 Å². The molecule has 0 spiro atoms. The van der Waals surface area contributed by atoms with Gasteiger partial charge in [-0.05, 0) is 79.8 Å². The Morgan fingerprint density at radius 2 is 1.58 bits per heavy atom. The number of anilines is 1. The molecule has 156 valence electrons. The molecule has 1 saturated heterocycles. The number of Topliss-reactive ketones (excluding diaryl/α,β-unsaturated/α-hetero) is 1. The molecule has 1 atom stereocenters. The van der Waals surface area contributed by atoms with Gasteiger partial charge in [0, 0.05) is 23.6 Å². The van der Waals surface area contributed by atoms with Crippen LogP contribution in [0.5, 0.6) is 0 Å². The lowest BCUT2D eigenvalue weighted by atomic mass is 9.95. The molecule has 0 radical (unpaired) electrons. The van der Waals surface area contributed by atoms with Gasteiger partial charge in [-0.3, -0.25) is 19.5 Å². The van der Waals surface area contributed by atoms with Gasteiger partial charge in [0.1, 0.15) is 5.76 Å². The SMILES string of the molecule is Cc1ccc(/C(O)=C2\C(=O)C(=O)N(c3ccc(C)c(C)c3)C2c2cccnc2)cc1C. The maximum Gasteiger partial charge on any atom is 0.300 e. The summed E-state index contributed by atoms with van der Waals surface area (Å²) in [5.74, 6) is -1.55. The van der Waals surface area contributed by atoms with Gasteiger partial charge in [0.05, 0.1) is 11.6 Å². The zero-order valence-corrected chi connectivity index (χ0v) is 18.0. The van der Waals surface area contributed by atoms with Gasteiger partial charge in [-0.2, -0.15) is 0 Å². The Morgan fingerprint density at radius 1 is 0.903 bits per heavy atom. The van der Waals surface area contributed by atoms with Crippen LogP contribution in [0.15, 0.2) is 66.5 Å². The number of carbonyl (C=O) groups is 2. The second-order valence-electron chi connectivity index (χ2n) is 8.02. The van der Waals surface area contributed by atoms with Crippen molar-refractivity contribution in [2.45, 2.75) is 33.7 Å². The molecule has 1 aliphatic rings. The fourth-order valence-electron chi connectivity index (χ4n) is 3.87. The second kappa shape index (κ2) is 7.84. The predicted octanol–water partition coefficient (Wildman–Crippen LogP) is 4.94. The molecule has 5 nitrogen and oxygen atoms in total. The van der Waals surface area contributed by atoms with E-state index in [-0.39, 0.29) is 11.3 Å². The Bertz CT molecular complexity index is 1230. The summed E-state index contributed by atoms with van der Waals surface area (Å²) in [7, 11) is 0. The van der Waals surface area contributed by atoms with E-state index in [0.717, 1.165) is 22.3 Å². The lowest BCUT2D eigenvalue weighted by Crippen LogP contribution is -2.29. The molecule has 5 heteroatoms. The zero-order valence-electron chi connectivity index (χ0n) is 18.0. The summed E-state index contributed by atoms with van der Waals surface area (Å²) < 4.78 is 0. The first-order valence-electron chi connectivity index (χ1n) is 10.2. The number of carbonyl (C=O) groups excluding carboxylic acids is 2. The lowest BCUT2D eigenvalue weighted by molar-refractivity contribution is -0.132. The summed E-state index contributed by atoms with van der Waals surface area (Å²) in [5, 5.41) is 11.2. The molecule has 3 aromatic rings. The molecule has 0 aliphatic carbocycles. The van der Waals surface area contributed by atoms with E-state index in [1.165, 1.54) is 4.90 Å². The number of hydrogen-bond donors (Lipinski definition) is 1. The van der Waals surface area contributed by atoms with E-state index in [1.54, 1.807) is 24.5 Å². The van der Waals surface area contributed by atoms with Crippen LogP contribution in [0.3, 0.4) is 0 Å². The summed E-state index contributed by atoms with van der Waals surface area (Å²) in [4.78, 5) is 32.0. The van der Waals surface area contributed by atoms with Crippen molar-refractivity contribution in [3.63, 3.8) is 0 Å². The average molecular weight is 412 g/mol. The van der Waals surface area contributed by atoms with Crippen molar-refractivity contribution in [1.29, 1.82) is 0 Å². The molecule has 2 aromatic carbocycles. The third kappa shape index (κ3) is 3.52. The topological polar surface area (TPSA) is 70.5 Å². The Labute approximate surface area is 181 Å². The highest BCUT2D eigenvalue weighted by Gasteiger charge is 2.47. The molecule has 1 fully saturated rings. The number of rotatable bonds is 3. The number of aliphatic hydroxyl groups is 1. The van der Waals surface area contributed by atoms with Crippen molar-refractivity contribution in [2.24, 2.45) is 0 Å². The van der Waals surface area contributed by atoms with Crippen LogP contribution in [0.1, 0.15) is 39.4 Å². The van der Waals surface area contributed by atoms with Gasteiger partial charge in [-0.15, -0.1) is 0 Å². The number of aryl methyl sites for hydroxylation is 4. The Balaban J connectivity index is 1.95. The molecule has 0 bridgehead atoms. The van der Waals surface area contributed by atoms with Crippen molar-refractivity contribution < 1.29 is 14.7 Å². The third-order valence-corrected chi connectivity index (χ3v) is 5.99. The number of aromatic nitrogens is 1. The molecule has 1 aliphatic heterocycles. The molecule has 1 aromatic heterocycles. The second-order valence-corrected chi connectivity index (χ2v) is 8.02. The molecule has 2 heterocycles. The van der Waals surface area contributed by atoms with Crippen LogP contribution in [0.25, 0.3) is 5.76 Å². The smallest absolute Gasteiger partial charge is 0.300 e. The molecular formula is C26H24N2O3. The van der Waals surface area contributed by atoms with Crippen LogP contribution < -0.4 is 4.90 Å². The zero-order chi connectivity index (χ0) is 22.3. The molecule has 1 amide bonds. The van der Waals surface area contributed by atoms with Crippen LogP contribution in [0, 0.1) is 27.7 Å². The third-order valence-electron chi connectivity index (χ3n) is 5.99. The Morgan fingerprint density at radius 3 is 2.19 bits per heavy atom. The van der Waals surface area contributed by atoms with Crippen molar-refractivity contribution in [3.05, 3.63) is 99.9 Å². The molecular weight excluding hydrogens is 388 g/mol. The Hall–Kier alpha value is -3.73. The standard InChI is InChI=1S/C26H24N2O3/c1-15-7-9-19(12-17(15)3)24(29)22-23(20-6-5-11-27-14-20)28(26(31)25(22)30)21-10-8-16(2)18(4)13-21/h5-14,23,29H,1-4H3/b24-22+. The number of aliphatic hydroxyl groups excluding tert-OH is 1. The monoisotopic (exact) mass is 412 g/mol. The highest BCUT2D eigenvalue weighted by molar-refractivity contribution is 6.51. The summed E-state index contributed by atoms with van der Waals surface area (Å²) in [6.07, 6.45) is 3.26. The maximum absolute atomic E-state index is 13.2. The summed E-state index contributed by atoms with van der Waals surface area (Å²) in [6, 6.07) is 13.9. The van der Waals surface area contributed by atoms with Gasteiger partial charge in [-0.1, -0.05) is 24.3 Å². The highest BCUT2D eigenvalue weighted by Crippen LogP contribution is 2.42. The van der Waals surface area contributed by atoms with Crippen LogP contribution in [0.4, 0.5) is 5.69 Å². The fourth-order valence-corrected chi connectivity index (χ4v) is 3.87. The Kier molecular flexibility index (Phi) is 5.19. The molecule has 4 rings (SSSR count). The number of ketones is 1. The van der Waals surface area contributed by atoms with E-state index in [0.29, 0.717) is 16.8 Å². The minimum atomic E-state index is -0.766.